The van der Waals surface area contributed by atoms with Gasteiger partial charge in [-0.2, -0.15) is 0 Å². The van der Waals surface area contributed by atoms with Crippen molar-refractivity contribution in [2.75, 3.05) is 13.1 Å². The van der Waals surface area contributed by atoms with Crippen molar-refractivity contribution in [2.45, 2.75) is 26.8 Å². The number of carbonyl (C=O) groups excluding carboxylic acids is 1. The molecule has 1 heterocycles. The van der Waals surface area contributed by atoms with Crippen LogP contribution in [0.2, 0.25) is 0 Å². The molecule has 0 bridgehead atoms. The standard InChI is InChI=1S/C8H16N2O/c1-6(2)5-10-7(3)4-9-8(10)11/h6-7H,4-5H2,1-3H3,(H,9,11). The largest absolute Gasteiger partial charge is 0.336 e. The van der Waals surface area contributed by atoms with Gasteiger partial charge in [-0.1, -0.05) is 13.8 Å². The monoisotopic (exact) mass is 156 g/mol. The number of rotatable bonds is 2. The number of urea groups is 1. The van der Waals surface area contributed by atoms with Crippen LogP contribution in [-0.2, 0) is 0 Å². The predicted molar refractivity (Wildman–Crippen MR) is 44.4 cm³/mol. The Bertz CT molecular complexity index is 156. The van der Waals surface area contributed by atoms with E-state index < -0.39 is 0 Å². The first kappa shape index (κ1) is 8.37. The minimum absolute atomic E-state index is 0.0891. The second-order valence-electron chi connectivity index (χ2n) is 3.58. The Balaban J connectivity index is 2.48. The molecule has 64 valence electrons. The van der Waals surface area contributed by atoms with Crippen molar-refractivity contribution in [3.63, 3.8) is 0 Å². The van der Waals surface area contributed by atoms with Crippen LogP contribution in [0.5, 0.6) is 0 Å². The highest BCUT2D eigenvalue weighted by Crippen LogP contribution is 2.08. The van der Waals surface area contributed by atoms with Crippen LogP contribution in [0.4, 0.5) is 4.79 Å². The topological polar surface area (TPSA) is 32.3 Å². The SMILES string of the molecule is CC(C)CN1C(=O)NCC1C. The molecule has 1 rings (SSSR count). The molecular weight excluding hydrogens is 140 g/mol. The molecule has 1 aliphatic rings. The summed E-state index contributed by atoms with van der Waals surface area (Å²) in [5, 5.41) is 2.81. The van der Waals surface area contributed by atoms with E-state index >= 15 is 0 Å². The zero-order chi connectivity index (χ0) is 8.43. The zero-order valence-electron chi connectivity index (χ0n) is 7.42. The van der Waals surface area contributed by atoms with Crippen LogP contribution >= 0.6 is 0 Å². The Hall–Kier alpha value is -0.730. The van der Waals surface area contributed by atoms with Gasteiger partial charge in [-0.15, -0.1) is 0 Å². The van der Waals surface area contributed by atoms with Crippen LogP contribution in [0, 0.1) is 5.92 Å². The van der Waals surface area contributed by atoms with E-state index in [1.807, 2.05) is 4.90 Å². The maximum Gasteiger partial charge on any atom is 0.317 e. The van der Waals surface area contributed by atoms with Gasteiger partial charge in [0.05, 0.1) is 0 Å². The molecule has 1 N–H and O–H groups in total. The second-order valence-corrected chi connectivity index (χ2v) is 3.58. The molecule has 11 heavy (non-hydrogen) atoms. The molecule has 0 saturated carbocycles. The molecule has 1 fully saturated rings. The fourth-order valence-electron chi connectivity index (χ4n) is 1.30. The predicted octanol–water partition coefficient (Wildman–Crippen LogP) is 1.06. The van der Waals surface area contributed by atoms with Gasteiger partial charge in [0.2, 0.25) is 0 Å². The number of amides is 2. The van der Waals surface area contributed by atoms with E-state index in [1.54, 1.807) is 0 Å². The molecule has 2 amide bonds. The number of nitrogens with zero attached hydrogens (tertiary/aromatic N) is 1. The number of carbonyl (C=O) groups is 1. The molecule has 0 aromatic heterocycles. The zero-order valence-corrected chi connectivity index (χ0v) is 7.42. The van der Waals surface area contributed by atoms with Gasteiger partial charge < -0.3 is 10.2 Å². The fraction of sp³-hybridized carbons (Fsp3) is 0.875. The smallest absolute Gasteiger partial charge is 0.317 e. The summed E-state index contributed by atoms with van der Waals surface area (Å²) in [5.41, 5.74) is 0. The van der Waals surface area contributed by atoms with Crippen molar-refractivity contribution >= 4 is 6.03 Å². The van der Waals surface area contributed by atoms with Crippen molar-refractivity contribution in [1.29, 1.82) is 0 Å². The number of nitrogens with one attached hydrogen (secondary N) is 1. The molecule has 3 heteroatoms. The maximum atomic E-state index is 11.1. The summed E-state index contributed by atoms with van der Waals surface area (Å²) >= 11 is 0. The van der Waals surface area contributed by atoms with Gasteiger partial charge in [0, 0.05) is 19.1 Å². The van der Waals surface area contributed by atoms with Crippen LogP contribution in [0.1, 0.15) is 20.8 Å². The van der Waals surface area contributed by atoms with E-state index in [4.69, 9.17) is 0 Å². The lowest BCUT2D eigenvalue weighted by Crippen LogP contribution is -2.35. The summed E-state index contributed by atoms with van der Waals surface area (Å²) in [4.78, 5) is 13.0. The Labute approximate surface area is 67.8 Å². The van der Waals surface area contributed by atoms with Gasteiger partial charge in [0.25, 0.3) is 0 Å². The third-order valence-electron chi connectivity index (χ3n) is 1.90. The third kappa shape index (κ3) is 1.85. The van der Waals surface area contributed by atoms with Crippen LogP contribution in [0.25, 0.3) is 0 Å². The lowest BCUT2D eigenvalue weighted by atomic mass is 10.2. The van der Waals surface area contributed by atoms with Crippen molar-refractivity contribution in [3.05, 3.63) is 0 Å². The molecule has 1 saturated heterocycles. The Kier molecular flexibility index (Phi) is 2.37. The van der Waals surface area contributed by atoms with Crippen molar-refractivity contribution in [3.8, 4) is 0 Å². The molecule has 1 atom stereocenters. The van der Waals surface area contributed by atoms with Crippen molar-refractivity contribution in [2.24, 2.45) is 5.92 Å². The van der Waals surface area contributed by atoms with Crippen molar-refractivity contribution < 1.29 is 4.79 Å². The molecule has 0 radical (unpaired) electrons. The van der Waals surface area contributed by atoms with Gasteiger partial charge >= 0.3 is 6.03 Å². The molecule has 0 aromatic carbocycles. The lowest BCUT2D eigenvalue weighted by Gasteiger charge is -2.21. The Morgan fingerprint density at radius 1 is 1.73 bits per heavy atom. The van der Waals surface area contributed by atoms with E-state index in [-0.39, 0.29) is 6.03 Å². The molecule has 0 aliphatic carbocycles. The minimum atomic E-state index is 0.0891. The van der Waals surface area contributed by atoms with Crippen molar-refractivity contribution in [1.82, 2.24) is 10.2 Å². The van der Waals surface area contributed by atoms with E-state index in [9.17, 15) is 4.79 Å². The summed E-state index contributed by atoms with van der Waals surface area (Å²) in [6, 6.07) is 0.455. The first-order valence-corrected chi connectivity index (χ1v) is 4.15. The highest BCUT2D eigenvalue weighted by Gasteiger charge is 2.26. The number of hydrogen-bond acceptors (Lipinski definition) is 1. The highest BCUT2D eigenvalue weighted by atomic mass is 16.2. The Morgan fingerprint density at radius 3 is 2.73 bits per heavy atom. The quantitative estimate of drug-likeness (QED) is 0.637. The van der Waals surface area contributed by atoms with Gasteiger partial charge in [-0.3, -0.25) is 0 Å². The van der Waals surface area contributed by atoms with E-state index in [0.29, 0.717) is 12.0 Å². The van der Waals surface area contributed by atoms with E-state index in [0.717, 1.165) is 13.1 Å². The first-order valence-electron chi connectivity index (χ1n) is 4.15. The van der Waals surface area contributed by atoms with E-state index in [1.165, 1.54) is 0 Å². The van der Waals surface area contributed by atoms with Gasteiger partial charge in [-0.05, 0) is 12.8 Å². The summed E-state index contributed by atoms with van der Waals surface area (Å²) in [5.74, 6) is 0.557. The minimum Gasteiger partial charge on any atom is -0.336 e. The average molecular weight is 156 g/mol. The normalized spacial score (nSPS) is 24.5. The van der Waals surface area contributed by atoms with E-state index in [2.05, 4.69) is 26.1 Å². The van der Waals surface area contributed by atoms with Gasteiger partial charge in [-0.25, -0.2) is 4.79 Å². The molecule has 0 aromatic rings. The molecular formula is C8H16N2O. The molecule has 1 unspecified atom stereocenters. The summed E-state index contributed by atoms with van der Waals surface area (Å²) in [7, 11) is 0. The first-order chi connectivity index (χ1) is 5.11. The van der Waals surface area contributed by atoms with Gasteiger partial charge in [0.1, 0.15) is 0 Å². The van der Waals surface area contributed by atoms with Crippen LogP contribution in [0.3, 0.4) is 0 Å². The van der Waals surface area contributed by atoms with Gasteiger partial charge in [0.15, 0.2) is 0 Å². The highest BCUT2D eigenvalue weighted by molar-refractivity contribution is 5.76. The fourth-order valence-corrected chi connectivity index (χ4v) is 1.30. The lowest BCUT2D eigenvalue weighted by molar-refractivity contribution is 0.199. The second kappa shape index (κ2) is 3.11. The molecule has 3 nitrogen and oxygen atoms in total. The third-order valence-corrected chi connectivity index (χ3v) is 1.90. The summed E-state index contributed by atoms with van der Waals surface area (Å²) in [6.45, 7) is 7.98. The summed E-state index contributed by atoms with van der Waals surface area (Å²) < 4.78 is 0. The van der Waals surface area contributed by atoms with Crippen LogP contribution < -0.4 is 5.32 Å². The Morgan fingerprint density at radius 2 is 2.36 bits per heavy atom. The molecule has 0 spiro atoms. The average Bonchev–Trinajstić information content (AvgIpc) is 2.18. The number of hydrogen-bond donors (Lipinski definition) is 1. The van der Waals surface area contributed by atoms with Crippen LogP contribution in [0.15, 0.2) is 0 Å². The van der Waals surface area contributed by atoms with Crippen LogP contribution in [-0.4, -0.2) is 30.1 Å². The maximum absolute atomic E-state index is 11.1. The summed E-state index contributed by atoms with van der Waals surface area (Å²) in [6.07, 6.45) is 0. The molecule has 1 aliphatic heterocycles.